The summed E-state index contributed by atoms with van der Waals surface area (Å²) in [5, 5.41) is 0. The first-order chi connectivity index (χ1) is 7.97. The average Bonchev–Trinajstić information content (AvgIpc) is 2.99. The van der Waals surface area contributed by atoms with Gasteiger partial charge in [-0.2, -0.15) is 0 Å². The van der Waals surface area contributed by atoms with Crippen molar-refractivity contribution in [3.8, 4) is 5.75 Å². The van der Waals surface area contributed by atoms with Crippen molar-refractivity contribution in [3.63, 3.8) is 0 Å². The van der Waals surface area contributed by atoms with Crippen LogP contribution in [0.2, 0.25) is 0 Å². The summed E-state index contributed by atoms with van der Waals surface area (Å²) >= 11 is 0. The number of hydrogen-bond acceptors (Lipinski definition) is 1. The number of rotatable bonds is 5. The molecule has 0 N–H and O–H groups in total. The van der Waals surface area contributed by atoms with Crippen molar-refractivity contribution in [2.45, 2.75) is 26.2 Å². The minimum Gasteiger partial charge on any atom is -0.494 e. The summed E-state index contributed by atoms with van der Waals surface area (Å²) in [6.07, 6.45) is 3.53. The third-order valence-electron chi connectivity index (χ3n) is 3.09. The van der Waals surface area contributed by atoms with Crippen LogP contribution in [0, 0.1) is 12.8 Å². The van der Waals surface area contributed by atoms with Crippen LogP contribution in [0.5, 0.6) is 5.75 Å². The van der Waals surface area contributed by atoms with Gasteiger partial charge in [0.1, 0.15) is 5.75 Å². The van der Waals surface area contributed by atoms with E-state index in [1.54, 1.807) is 0 Å². The van der Waals surface area contributed by atoms with Gasteiger partial charge in [-0.25, -0.2) is 0 Å². The molecular formula is C12H15BF3KO. The Kier molecular flexibility index (Phi) is 6.25. The van der Waals surface area contributed by atoms with Crippen LogP contribution in [-0.2, 0) is 0 Å². The molecule has 0 atom stereocenters. The minimum absolute atomic E-state index is 0. The van der Waals surface area contributed by atoms with Gasteiger partial charge in [0.15, 0.2) is 0 Å². The molecule has 0 saturated heterocycles. The van der Waals surface area contributed by atoms with Gasteiger partial charge in [-0.3, -0.25) is 0 Å². The zero-order valence-electron chi connectivity index (χ0n) is 10.8. The topological polar surface area (TPSA) is 9.23 Å². The summed E-state index contributed by atoms with van der Waals surface area (Å²) in [6, 6.07) is 3.99. The van der Waals surface area contributed by atoms with Crippen molar-refractivity contribution in [2.75, 3.05) is 6.61 Å². The molecule has 1 saturated carbocycles. The molecule has 0 aromatic heterocycles. The average molecular weight is 282 g/mol. The number of ether oxygens (including phenoxy) is 1. The molecule has 6 heteroatoms. The van der Waals surface area contributed by atoms with E-state index in [-0.39, 0.29) is 56.9 Å². The monoisotopic (exact) mass is 282 g/mol. The normalized spacial score (nSPS) is 15.1. The van der Waals surface area contributed by atoms with E-state index in [1.165, 1.54) is 31.9 Å². The maximum Gasteiger partial charge on any atom is 1.00 e. The molecule has 94 valence electrons. The van der Waals surface area contributed by atoms with Crippen molar-refractivity contribution in [1.82, 2.24) is 0 Å². The molecule has 1 aliphatic carbocycles. The fraction of sp³-hybridized carbons (Fsp3) is 0.500. The van der Waals surface area contributed by atoms with Gasteiger partial charge in [0, 0.05) is 0 Å². The second-order valence-electron chi connectivity index (χ2n) is 4.67. The SMILES string of the molecule is Cc1cc(OCCC2CC2)ccc1[B-](F)(F)F.[K+]. The molecule has 1 aromatic carbocycles. The molecule has 0 spiro atoms. The Balaban J connectivity index is 0.00000162. The largest absolute Gasteiger partial charge is 1.00 e. The zero-order chi connectivity index (χ0) is 12.5. The van der Waals surface area contributed by atoms with Gasteiger partial charge in [0.05, 0.1) is 6.61 Å². The molecule has 0 bridgehead atoms. The smallest absolute Gasteiger partial charge is 0.494 e. The second-order valence-corrected chi connectivity index (χ2v) is 4.67. The fourth-order valence-electron chi connectivity index (χ4n) is 1.86. The quantitative estimate of drug-likeness (QED) is 0.703. The fourth-order valence-corrected chi connectivity index (χ4v) is 1.86. The van der Waals surface area contributed by atoms with Gasteiger partial charge >= 0.3 is 58.4 Å². The molecule has 0 amide bonds. The molecule has 1 aliphatic rings. The number of hydrogen-bond donors (Lipinski definition) is 0. The second kappa shape index (κ2) is 6.79. The third-order valence-corrected chi connectivity index (χ3v) is 3.09. The molecule has 2 rings (SSSR count). The molecule has 1 nitrogen and oxygen atoms in total. The van der Waals surface area contributed by atoms with Crippen molar-refractivity contribution in [1.29, 1.82) is 0 Å². The van der Waals surface area contributed by atoms with E-state index < -0.39 is 12.4 Å². The van der Waals surface area contributed by atoms with E-state index >= 15 is 0 Å². The maximum absolute atomic E-state index is 12.6. The summed E-state index contributed by atoms with van der Waals surface area (Å²) in [5.41, 5.74) is -0.291. The van der Waals surface area contributed by atoms with Crippen molar-refractivity contribution >= 4 is 12.4 Å². The zero-order valence-corrected chi connectivity index (χ0v) is 13.9. The Bertz CT molecular complexity index is 405. The van der Waals surface area contributed by atoms with Crippen molar-refractivity contribution in [3.05, 3.63) is 23.8 Å². The van der Waals surface area contributed by atoms with E-state index in [2.05, 4.69) is 0 Å². The summed E-state index contributed by atoms with van der Waals surface area (Å²) in [7, 11) is 0. The van der Waals surface area contributed by atoms with Gasteiger partial charge in [0.2, 0.25) is 0 Å². The van der Waals surface area contributed by atoms with Crippen LogP contribution in [0.25, 0.3) is 0 Å². The van der Waals surface area contributed by atoms with E-state index in [4.69, 9.17) is 4.74 Å². The number of aryl methyl sites for hydroxylation is 1. The summed E-state index contributed by atoms with van der Waals surface area (Å²) in [5.74, 6) is 1.31. The number of benzene rings is 1. The maximum atomic E-state index is 12.6. The molecular weight excluding hydrogens is 267 g/mol. The molecule has 1 aromatic rings. The Morgan fingerprint density at radius 3 is 2.44 bits per heavy atom. The van der Waals surface area contributed by atoms with Crippen LogP contribution in [-0.4, -0.2) is 13.6 Å². The third kappa shape index (κ3) is 4.89. The van der Waals surface area contributed by atoms with E-state index in [0.29, 0.717) is 12.4 Å². The van der Waals surface area contributed by atoms with Crippen LogP contribution in [0.1, 0.15) is 24.8 Å². The van der Waals surface area contributed by atoms with Crippen molar-refractivity contribution < 1.29 is 69.1 Å². The first kappa shape index (κ1) is 16.6. The van der Waals surface area contributed by atoms with Crippen LogP contribution >= 0.6 is 0 Å². The Morgan fingerprint density at radius 1 is 1.28 bits per heavy atom. The van der Waals surface area contributed by atoms with Gasteiger partial charge in [0.25, 0.3) is 0 Å². The first-order valence-corrected chi connectivity index (χ1v) is 5.90. The Labute approximate surface area is 148 Å². The van der Waals surface area contributed by atoms with E-state index in [0.717, 1.165) is 18.4 Å². The van der Waals surface area contributed by atoms with Gasteiger partial charge < -0.3 is 17.7 Å². The molecule has 18 heavy (non-hydrogen) atoms. The summed E-state index contributed by atoms with van der Waals surface area (Å²) in [6.45, 7) is -2.85. The van der Waals surface area contributed by atoms with Crippen LogP contribution in [0.15, 0.2) is 18.2 Å². The Hall–Kier alpha value is 0.511. The first-order valence-electron chi connectivity index (χ1n) is 5.90. The predicted octanol–water partition coefficient (Wildman–Crippen LogP) is 0.232. The summed E-state index contributed by atoms with van der Waals surface area (Å²) < 4.78 is 43.1. The van der Waals surface area contributed by atoms with Gasteiger partial charge in [-0.1, -0.05) is 24.5 Å². The summed E-state index contributed by atoms with van der Waals surface area (Å²) in [4.78, 5) is 0. The van der Waals surface area contributed by atoms with Crippen LogP contribution < -0.4 is 61.6 Å². The molecule has 0 radical (unpaired) electrons. The van der Waals surface area contributed by atoms with Crippen molar-refractivity contribution in [2.24, 2.45) is 5.92 Å². The Morgan fingerprint density at radius 2 is 1.94 bits per heavy atom. The standard InChI is InChI=1S/C12H15BF3O.K/c1-9-8-11(17-7-6-10-2-3-10)4-5-12(9)13(14,15)16;/h4-5,8,10H,2-3,6-7H2,1H3;/q-1;+1. The molecule has 0 unspecified atom stereocenters. The van der Waals surface area contributed by atoms with E-state index in [9.17, 15) is 12.9 Å². The van der Waals surface area contributed by atoms with E-state index in [1.807, 2.05) is 0 Å². The van der Waals surface area contributed by atoms with Crippen LogP contribution in [0.4, 0.5) is 12.9 Å². The molecule has 1 fully saturated rings. The molecule has 0 heterocycles. The van der Waals surface area contributed by atoms with Crippen LogP contribution in [0.3, 0.4) is 0 Å². The number of halogens is 3. The predicted molar refractivity (Wildman–Crippen MR) is 62.7 cm³/mol. The van der Waals surface area contributed by atoms with Gasteiger partial charge in [-0.05, 0) is 31.4 Å². The van der Waals surface area contributed by atoms with Gasteiger partial charge in [-0.15, -0.1) is 5.46 Å². The minimum atomic E-state index is -4.92. The molecule has 0 aliphatic heterocycles.